The van der Waals surface area contributed by atoms with Gasteiger partial charge in [0.25, 0.3) is 0 Å². The van der Waals surface area contributed by atoms with Gasteiger partial charge in [0.1, 0.15) is 0 Å². The topological polar surface area (TPSA) is 79.0 Å². The Morgan fingerprint density at radius 1 is 1.07 bits per heavy atom. The lowest BCUT2D eigenvalue weighted by Gasteiger charge is -2.31. The highest BCUT2D eigenvalue weighted by atomic mass is 32.2. The normalized spacial score (nSPS) is 21.5. The van der Waals surface area contributed by atoms with Gasteiger partial charge in [0.2, 0.25) is 15.9 Å². The average Bonchev–Trinajstić information content (AvgIpc) is 2.79. The molecule has 162 valence electrons. The van der Waals surface area contributed by atoms with Crippen molar-refractivity contribution in [3.8, 4) is 0 Å². The van der Waals surface area contributed by atoms with Gasteiger partial charge >= 0.3 is 0 Å². The number of amides is 1. The number of benzene rings is 2. The second kappa shape index (κ2) is 9.43. The Morgan fingerprint density at radius 2 is 1.83 bits per heavy atom. The summed E-state index contributed by atoms with van der Waals surface area (Å²) in [5.41, 5.74) is 0. The lowest BCUT2D eigenvalue weighted by molar-refractivity contribution is -0.126. The molecule has 2 aliphatic heterocycles. The van der Waals surface area contributed by atoms with Gasteiger partial charge in [0, 0.05) is 39.3 Å². The minimum absolute atomic E-state index is 0.0540. The summed E-state index contributed by atoms with van der Waals surface area (Å²) in [6.07, 6.45) is 1.40. The van der Waals surface area contributed by atoms with Gasteiger partial charge < -0.3 is 10.1 Å². The number of nitrogens with one attached hydrogen (secondary N) is 1. The number of piperidine rings is 1. The summed E-state index contributed by atoms with van der Waals surface area (Å²) >= 11 is 0. The molecule has 8 heteroatoms. The number of carbonyl (C=O) groups excluding carboxylic acids is 1. The molecule has 30 heavy (non-hydrogen) atoms. The van der Waals surface area contributed by atoms with Crippen LogP contribution in [0.2, 0.25) is 0 Å². The SMILES string of the molecule is O=C(NCCN1CCOCC1)[C@H]1CCCN(S(=O)(=O)c2ccc3ccccc3c2)C1. The van der Waals surface area contributed by atoms with Crippen LogP contribution in [0.3, 0.4) is 0 Å². The predicted molar refractivity (Wildman–Crippen MR) is 116 cm³/mol. The number of hydrogen-bond acceptors (Lipinski definition) is 5. The largest absolute Gasteiger partial charge is 0.379 e. The van der Waals surface area contributed by atoms with Gasteiger partial charge in [-0.1, -0.05) is 30.3 Å². The van der Waals surface area contributed by atoms with E-state index in [2.05, 4.69) is 10.2 Å². The van der Waals surface area contributed by atoms with Crippen LogP contribution in [0.4, 0.5) is 0 Å². The minimum Gasteiger partial charge on any atom is -0.379 e. The van der Waals surface area contributed by atoms with Crippen molar-refractivity contribution in [1.82, 2.24) is 14.5 Å². The molecule has 0 unspecified atom stereocenters. The predicted octanol–water partition coefficient (Wildman–Crippen LogP) is 1.69. The molecule has 7 nitrogen and oxygen atoms in total. The lowest BCUT2D eigenvalue weighted by atomic mass is 9.99. The summed E-state index contributed by atoms with van der Waals surface area (Å²) in [4.78, 5) is 15.2. The van der Waals surface area contributed by atoms with Gasteiger partial charge in [-0.15, -0.1) is 0 Å². The van der Waals surface area contributed by atoms with E-state index < -0.39 is 10.0 Å². The molecule has 0 aromatic heterocycles. The van der Waals surface area contributed by atoms with Crippen molar-refractivity contribution in [2.75, 3.05) is 52.5 Å². The van der Waals surface area contributed by atoms with Gasteiger partial charge in [0.05, 0.1) is 24.0 Å². The number of nitrogens with zero attached hydrogens (tertiary/aromatic N) is 2. The maximum atomic E-state index is 13.2. The van der Waals surface area contributed by atoms with E-state index in [9.17, 15) is 13.2 Å². The second-order valence-electron chi connectivity index (χ2n) is 7.96. The van der Waals surface area contributed by atoms with Crippen LogP contribution in [0.5, 0.6) is 0 Å². The molecule has 1 amide bonds. The van der Waals surface area contributed by atoms with E-state index in [0.29, 0.717) is 25.9 Å². The Hall–Kier alpha value is -2.00. The number of carbonyl (C=O) groups is 1. The monoisotopic (exact) mass is 431 g/mol. The van der Waals surface area contributed by atoms with Gasteiger partial charge in [0.15, 0.2) is 0 Å². The van der Waals surface area contributed by atoms with E-state index >= 15 is 0 Å². The number of morpholine rings is 1. The molecule has 4 rings (SSSR count). The first-order chi connectivity index (χ1) is 14.5. The Kier molecular flexibility index (Phi) is 6.67. The Labute approximate surface area is 178 Å². The van der Waals surface area contributed by atoms with Gasteiger partial charge in [-0.3, -0.25) is 9.69 Å². The molecular weight excluding hydrogens is 402 g/mol. The molecular formula is C22H29N3O4S. The summed E-state index contributed by atoms with van der Waals surface area (Å²) in [6.45, 7) is 5.30. The Morgan fingerprint density at radius 3 is 2.63 bits per heavy atom. The number of rotatable bonds is 6. The molecule has 0 spiro atoms. The Bertz CT molecular complexity index is 989. The van der Waals surface area contributed by atoms with Crippen molar-refractivity contribution >= 4 is 26.7 Å². The first-order valence-corrected chi connectivity index (χ1v) is 12.0. The highest BCUT2D eigenvalue weighted by Crippen LogP contribution is 2.26. The van der Waals surface area contributed by atoms with Crippen molar-refractivity contribution in [3.05, 3.63) is 42.5 Å². The number of fused-ring (bicyclic) bond motifs is 1. The Balaban J connectivity index is 1.37. The molecule has 2 heterocycles. The van der Waals surface area contributed by atoms with Crippen molar-refractivity contribution in [2.24, 2.45) is 5.92 Å². The molecule has 2 saturated heterocycles. The smallest absolute Gasteiger partial charge is 0.243 e. The first-order valence-electron chi connectivity index (χ1n) is 10.6. The van der Waals surface area contributed by atoms with Crippen molar-refractivity contribution in [2.45, 2.75) is 17.7 Å². The van der Waals surface area contributed by atoms with E-state index in [0.717, 1.165) is 43.6 Å². The van der Waals surface area contributed by atoms with Crippen LogP contribution in [-0.4, -0.2) is 76.0 Å². The molecule has 0 aliphatic carbocycles. The maximum absolute atomic E-state index is 13.2. The van der Waals surface area contributed by atoms with Crippen LogP contribution in [0.15, 0.2) is 47.4 Å². The van der Waals surface area contributed by atoms with E-state index in [1.807, 2.05) is 30.3 Å². The zero-order valence-electron chi connectivity index (χ0n) is 17.1. The molecule has 1 N–H and O–H groups in total. The third kappa shape index (κ3) is 4.83. The molecule has 2 aromatic rings. The van der Waals surface area contributed by atoms with E-state index in [1.165, 1.54) is 4.31 Å². The molecule has 2 aliphatic rings. The summed E-state index contributed by atoms with van der Waals surface area (Å²) in [5.74, 6) is -0.361. The maximum Gasteiger partial charge on any atom is 0.243 e. The summed E-state index contributed by atoms with van der Waals surface area (Å²) in [6, 6.07) is 12.9. The van der Waals surface area contributed by atoms with Crippen LogP contribution in [0.25, 0.3) is 10.8 Å². The van der Waals surface area contributed by atoms with Crippen LogP contribution in [0, 0.1) is 5.92 Å². The van der Waals surface area contributed by atoms with E-state index in [-0.39, 0.29) is 23.3 Å². The van der Waals surface area contributed by atoms with Gasteiger partial charge in [-0.25, -0.2) is 8.42 Å². The van der Waals surface area contributed by atoms with Crippen LogP contribution < -0.4 is 5.32 Å². The quantitative estimate of drug-likeness (QED) is 0.753. The molecule has 0 saturated carbocycles. The molecule has 2 fully saturated rings. The zero-order valence-corrected chi connectivity index (χ0v) is 17.9. The van der Waals surface area contributed by atoms with Crippen LogP contribution >= 0.6 is 0 Å². The number of sulfonamides is 1. The molecule has 0 radical (unpaired) electrons. The second-order valence-corrected chi connectivity index (χ2v) is 9.89. The molecule has 2 aromatic carbocycles. The van der Waals surface area contributed by atoms with Gasteiger partial charge in [-0.05, 0) is 35.7 Å². The summed E-state index contributed by atoms with van der Waals surface area (Å²) in [5, 5.41) is 4.90. The zero-order chi connectivity index (χ0) is 21.0. The van der Waals surface area contributed by atoms with E-state index in [1.54, 1.807) is 12.1 Å². The van der Waals surface area contributed by atoms with E-state index in [4.69, 9.17) is 4.74 Å². The third-order valence-electron chi connectivity index (χ3n) is 5.94. The van der Waals surface area contributed by atoms with Crippen LogP contribution in [-0.2, 0) is 19.6 Å². The van der Waals surface area contributed by atoms with Crippen molar-refractivity contribution < 1.29 is 17.9 Å². The number of ether oxygens (including phenoxy) is 1. The summed E-state index contributed by atoms with van der Waals surface area (Å²) in [7, 11) is -3.63. The summed E-state index contributed by atoms with van der Waals surface area (Å²) < 4.78 is 33.2. The highest BCUT2D eigenvalue weighted by molar-refractivity contribution is 7.89. The highest BCUT2D eigenvalue weighted by Gasteiger charge is 2.33. The first kappa shape index (κ1) is 21.2. The average molecular weight is 432 g/mol. The fraction of sp³-hybridized carbons (Fsp3) is 0.500. The standard InChI is InChI=1S/C22H29N3O4S/c26-22(23-9-11-24-12-14-29-15-13-24)20-6-3-10-25(17-20)30(27,28)21-8-7-18-4-1-2-5-19(18)16-21/h1-2,4-5,7-8,16,20H,3,6,9-15,17H2,(H,23,26)/t20-/m0/s1. The van der Waals surface area contributed by atoms with Crippen molar-refractivity contribution in [3.63, 3.8) is 0 Å². The molecule has 0 bridgehead atoms. The van der Waals surface area contributed by atoms with Gasteiger partial charge in [-0.2, -0.15) is 4.31 Å². The molecule has 1 atom stereocenters. The third-order valence-corrected chi connectivity index (χ3v) is 7.81. The fourth-order valence-electron chi connectivity index (χ4n) is 4.16. The minimum atomic E-state index is -3.63. The van der Waals surface area contributed by atoms with Crippen molar-refractivity contribution in [1.29, 1.82) is 0 Å². The number of hydrogen-bond donors (Lipinski definition) is 1. The fourth-order valence-corrected chi connectivity index (χ4v) is 5.72. The lowest BCUT2D eigenvalue weighted by Crippen LogP contribution is -2.47. The van der Waals surface area contributed by atoms with Crippen LogP contribution in [0.1, 0.15) is 12.8 Å².